The molecular weight excluding hydrogens is 276 g/mol. The van der Waals surface area contributed by atoms with Gasteiger partial charge in [0.2, 0.25) is 0 Å². The van der Waals surface area contributed by atoms with Crippen LogP contribution in [0.3, 0.4) is 0 Å². The number of hydrogen-bond acceptors (Lipinski definition) is 2. The first kappa shape index (κ1) is 14.3. The molecule has 0 amide bonds. The van der Waals surface area contributed by atoms with E-state index in [0.29, 0.717) is 12.0 Å². The standard InChI is InChI=1S/C19H16O3/c1-3-17(20)19(2,18(21)22)16-10-6-9-14-13-8-5-4-7-12(13)11-15(14)16/h3-10H,1,11H2,2H3,(H,21,22). The number of fused-ring (bicyclic) bond motifs is 3. The third-order valence-electron chi connectivity index (χ3n) is 4.50. The largest absolute Gasteiger partial charge is 0.480 e. The fraction of sp³-hybridized carbons (Fsp3) is 0.158. The zero-order chi connectivity index (χ0) is 15.9. The van der Waals surface area contributed by atoms with Gasteiger partial charge in [-0.3, -0.25) is 9.59 Å². The van der Waals surface area contributed by atoms with Crippen LogP contribution in [0.25, 0.3) is 11.1 Å². The third-order valence-corrected chi connectivity index (χ3v) is 4.50. The van der Waals surface area contributed by atoms with Crippen LogP contribution < -0.4 is 0 Å². The molecule has 0 spiro atoms. The molecule has 0 bridgehead atoms. The van der Waals surface area contributed by atoms with Crippen LogP contribution in [0.15, 0.2) is 55.1 Å². The Kier molecular flexibility index (Phi) is 3.21. The van der Waals surface area contributed by atoms with Crippen LogP contribution in [-0.4, -0.2) is 16.9 Å². The van der Waals surface area contributed by atoms with Crippen molar-refractivity contribution in [3.05, 3.63) is 71.8 Å². The lowest BCUT2D eigenvalue weighted by Crippen LogP contribution is -2.40. The summed E-state index contributed by atoms with van der Waals surface area (Å²) < 4.78 is 0. The number of rotatable bonds is 4. The van der Waals surface area contributed by atoms with Gasteiger partial charge in [0.05, 0.1) is 0 Å². The molecule has 1 aliphatic carbocycles. The minimum atomic E-state index is -1.60. The summed E-state index contributed by atoms with van der Waals surface area (Å²) >= 11 is 0. The Balaban J connectivity index is 2.25. The number of carbonyl (C=O) groups excluding carboxylic acids is 1. The molecule has 22 heavy (non-hydrogen) atoms. The number of benzene rings is 2. The Morgan fingerprint density at radius 3 is 2.50 bits per heavy atom. The Morgan fingerprint density at radius 2 is 1.82 bits per heavy atom. The monoisotopic (exact) mass is 292 g/mol. The van der Waals surface area contributed by atoms with E-state index in [-0.39, 0.29) is 0 Å². The molecular formula is C19H16O3. The zero-order valence-corrected chi connectivity index (χ0v) is 12.3. The molecule has 1 aliphatic rings. The second-order valence-electron chi connectivity index (χ2n) is 5.66. The van der Waals surface area contributed by atoms with Crippen molar-refractivity contribution in [3.8, 4) is 11.1 Å². The van der Waals surface area contributed by atoms with Gasteiger partial charge in [0.25, 0.3) is 0 Å². The molecule has 1 N–H and O–H groups in total. The second kappa shape index (κ2) is 4.95. The van der Waals surface area contributed by atoms with Crippen molar-refractivity contribution < 1.29 is 14.7 Å². The molecule has 0 saturated heterocycles. The maximum atomic E-state index is 12.2. The van der Waals surface area contributed by atoms with Crippen LogP contribution in [0.4, 0.5) is 0 Å². The normalized spacial score (nSPS) is 14.6. The van der Waals surface area contributed by atoms with Gasteiger partial charge < -0.3 is 5.11 Å². The van der Waals surface area contributed by atoms with E-state index in [1.54, 1.807) is 6.07 Å². The molecule has 2 aromatic rings. The van der Waals surface area contributed by atoms with Crippen LogP contribution >= 0.6 is 0 Å². The highest BCUT2D eigenvalue weighted by Gasteiger charge is 2.43. The molecule has 0 radical (unpaired) electrons. The van der Waals surface area contributed by atoms with Crippen molar-refractivity contribution in [2.45, 2.75) is 18.8 Å². The number of carboxylic acids is 1. The van der Waals surface area contributed by atoms with Gasteiger partial charge in [0, 0.05) is 0 Å². The van der Waals surface area contributed by atoms with Crippen molar-refractivity contribution in [2.24, 2.45) is 0 Å². The predicted octanol–water partition coefficient (Wildman–Crippen LogP) is 3.36. The molecule has 3 rings (SSSR count). The molecule has 1 unspecified atom stereocenters. The van der Waals surface area contributed by atoms with Gasteiger partial charge in [0.1, 0.15) is 0 Å². The summed E-state index contributed by atoms with van der Waals surface area (Å²) in [6, 6.07) is 13.5. The number of aliphatic carboxylic acids is 1. The molecule has 1 atom stereocenters. The van der Waals surface area contributed by atoms with E-state index in [2.05, 4.69) is 6.58 Å². The Bertz CT molecular complexity index is 804. The van der Waals surface area contributed by atoms with Gasteiger partial charge in [-0.2, -0.15) is 0 Å². The fourth-order valence-electron chi connectivity index (χ4n) is 3.18. The topological polar surface area (TPSA) is 54.4 Å². The van der Waals surface area contributed by atoms with Crippen LogP contribution in [0.2, 0.25) is 0 Å². The van der Waals surface area contributed by atoms with Crippen LogP contribution in [0.5, 0.6) is 0 Å². The molecule has 0 saturated carbocycles. The van der Waals surface area contributed by atoms with Crippen molar-refractivity contribution in [3.63, 3.8) is 0 Å². The van der Waals surface area contributed by atoms with Gasteiger partial charge in [-0.05, 0) is 47.2 Å². The lowest BCUT2D eigenvalue weighted by atomic mass is 9.75. The first-order valence-corrected chi connectivity index (χ1v) is 7.11. The highest BCUT2D eigenvalue weighted by atomic mass is 16.4. The maximum absolute atomic E-state index is 12.2. The average molecular weight is 292 g/mol. The Morgan fingerprint density at radius 1 is 1.14 bits per heavy atom. The molecule has 0 aliphatic heterocycles. The number of ketones is 1. The summed E-state index contributed by atoms with van der Waals surface area (Å²) in [6.45, 7) is 4.91. The third kappa shape index (κ3) is 1.82. The van der Waals surface area contributed by atoms with Gasteiger partial charge in [-0.15, -0.1) is 0 Å². The van der Waals surface area contributed by atoms with Crippen molar-refractivity contribution in [1.82, 2.24) is 0 Å². The van der Waals surface area contributed by atoms with Crippen molar-refractivity contribution in [2.75, 3.05) is 0 Å². The first-order chi connectivity index (χ1) is 10.5. The first-order valence-electron chi connectivity index (χ1n) is 7.11. The summed E-state index contributed by atoms with van der Waals surface area (Å²) in [5, 5.41) is 9.67. The highest BCUT2D eigenvalue weighted by Crippen LogP contribution is 2.42. The molecule has 0 fully saturated rings. The minimum Gasteiger partial charge on any atom is -0.480 e. The predicted molar refractivity (Wildman–Crippen MR) is 84.9 cm³/mol. The average Bonchev–Trinajstić information content (AvgIpc) is 2.91. The van der Waals surface area contributed by atoms with E-state index < -0.39 is 17.2 Å². The lowest BCUT2D eigenvalue weighted by molar-refractivity contribution is -0.146. The van der Waals surface area contributed by atoms with E-state index in [9.17, 15) is 14.7 Å². The minimum absolute atomic E-state index is 0.496. The maximum Gasteiger partial charge on any atom is 0.321 e. The van der Waals surface area contributed by atoms with E-state index in [0.717, 1.165) is 28.3 Å². The molecule has 110 valence electrons. The highest BCUT2D eigenvalue weighted by molar-refractivity contribution is 6.13. The zero-order valence-electron chi connectivity index (χ0n) is 12.3. The van der Waals surface area contributed by atoms with Crippen LogP contribution in [0, 0.1) is 0 Å². The lowest BCUT2D eigenvalue weighted by Gasteiger charge is -2.25. The second-order valence-corrected chi connectivity index (χ2v) is 5.66. The number of carboxylic acid groups (broad SMARTS) is 1. The van der Waals surface area contributed by atoms with Crippen LogP contribution in [0.1, 0.15) is 23.6 Å². The smallest absolute Gasteiger partial charge is 0.321 e. The summed E-state index contributed by atoms with van der Waals surface area (Å²) in [4.78, 5) is 24.1. The van der Waals surface area contributed by atoms with E-state index in [1.807, 2.05) is 36.4 Å². The fourth-order valence-corrected chi connectivity index (χ4v) is 3.18. The van der Waals surface area contributed by atoms with Crippen molar-refractivity contribution >= 4 is 11.8 Å². The van der Waals surface area contributed by atoms with Crippen molar-refractivity contribution in [1.29, 1.82) is 0 Å². The van der Waals surface area contributed by atoms with Crippen LogP contribution in [-0.2, 0) is 21.4 Å². The Labute approximate surface area is 128 Å². The molecule has 0 aromatic heterocycles. The summed E-state index contributed by atoms with van der Waals surface area (Å²) in [7, 11) is 0. The van der Waals surface area contributed by atoms with Gasteiger partial charge in [-0.1, -0.05) is 49.0 Å². The van der Waals surface area contributed by atoms with Gasteiger partial charge >= 0.3 is 5.97 Å². The number of hydrogen-bond donors (Lipinski definition) is 1. The van der Waals surface area contributed by atoms with Gasteiger partial charge in [-0.25, -0.2) is 0 Å². The van der Waals surface area contributed by atoms with E-state index >= 15 is 0 Å². The summed E-state index contributed by atoms with van der Waals surface area (Å²) in [5.74, 6) is -1.65. The molecule has 2 aromatic carbocycles. The Hall–Kier alpha value is -2.68. The number of carbonyl (C=O) groups is 2. The molecule has 0 heterocycles. The quantitative estimate of drug-likeness (QED) is 0.592. The van der Waals surface area contributed by atoms with E-state index in [4.69, 9.17) is 0 Å². The summed E-state index contributed by atoms with van der Waals surface area (Å²) in [5.41, 5.74) is 3.15. The molecule has 3 nitrogen and oxygen atoms in total. The number of allylic oxidation sites excluding steroid dienone is 1. The summed E-state index contributed by atoms with van der Waals surface area (Å²) in [6.07, 6.45) is 1.74. The van der Waals surface area contributed by atoms with E-state index in [1.165, 1.54) is 6.92 Å². The van der Waals surface area contributed by atoms with Gasteiger partial charge in [0.15, 0.2) is 11.2 Å². The molecule has 3 heteroatoms. The SMILES string of the molecule is C=CC(=O)C(C)(C(=O)O)c1cccc2c1Cc1ccccc1-2.